The van der Waals surface area contributed by atoms with Crippen LogP contribution in [0.4, 0.5) is 0 Å². The first kappa shape index (κ1) is 32.2. The molecule has 0 aliphatic heterocycles. The van der Waals surface area contributed by atoms with Gasteiger partial charge in [-0.15, -0.1) is 0 Å². The highest BCUT2D eigenvalue weighted by Crippen LogP contribution is 2.11. The summed E-state index contributed by atoms with van der Waals surface area (Å²) in [6, 6.07) is 0.720. The lowest BCUT2D eigenvalue weighted by Crippen LogP contribution is -2.57. The Balaban J connectivity index is 2.99. The smallest absolute Gasteiger partial charge is 0.326 e. The molecule has 0 saturated heterocycles. The zero-order valence-corrected chi connectivity index (χ0v) is 21.5. The van der Waals surface area contributed by atoms with Gasteiger partial charge in [0, 0.05) is 6.42 Å². The van der Waals surface area contributed by atoms with Crippen molar-refractivity contribution >= 4 is 47.3 Å². The van der Waals surface area contributed by atoms with Crippen LogP contribution < -0.4 is 27.4 Å². The Kier molecular flexibility index (Phi) is 13.6. The lowest BCUT2D eigenvalue weighted by molar-refractivity contribution is -0.144. The number of phenols is 1. The molecule has 1 rings (SSSR count). The summed E-state index contributed by atoms with van der Waals surface area (Å²) in [7, 11) is 0. The van der Waals surface area contributed by atoms with E-state index in [-0.39, 0.29) is 25.0 Å². The molecule has 4 atom stereocenters. The first-order chi connectivity index (χ1) is 17.8. The van der Waals surface area contributed by atoms with Gasteiger partial charge in [0.05, 0.1) is 12.5 Å². The van der Waals surface area contributed by atoms with Crippen molar-refractivity contribution in [3.63, 3.8) is 0 Å². The second kappa shape index (κ2) is 16.1. The van der Waals surface area contributed by atoms with Crippen LogP contribution in [-0.2, 0) is 35.2 Å². The van der Waals surface area contributed by atoms with Crippen molar-refractivity contribution in [2.45, 2.75) is 56.3 Å². The molecule has 0 bridgehead atoms. The van der Waals surface area contributed by atoms with E-state index in [0.717, 1.165) is 0 Å². The molecule has 0 fully saturated rings. The minimum atomic E-state index is -1.69. The minimum Gasteiger partial charge on any atom is -0.508 e. The van der Waals surface area contributed by atoms with E-state index in [1.54, 1.807) is 18.4 Å². The van der Waals surface area contributed by atoms with Crippen molar-refractivity contribution in [2.24, 2.45) is 11.5 Å². The van der Waals surface area contributed by atoms with Crippen molar-refractivity contribution in [1.82, 2.24) is 16.0 Å². The molecule has 0 heterocycles. The van der Waals surface area contributed by atoms with Gasteiger partial charge in [-0.25, -0.2) is 4.79 Å². The summed E-state index contributed by atoms with van der Waals surface area (Å²) in [5.41, 5.74) is 11.7. The summed E-state index contributed by atoms with van der Waals surface area (Å²) in [6.07, 6.45) is 0.401. The second-order valence-electron chi connectivity index (χ2n) is 8.38. The van der Waals surface area contributed by atoms with Crippen molar-refractivity contribution in [2.75, 3.05) is 12.0 Å². The highest BCUT2D eigenvalue weighted by atomic mass is 32.2. The molecule has 4 unspecified atom stereocenters. The Labute approximate surface area is 222 Å². The fourth-order valence-corrected chi connectivity index (χ4v) is 3.72. The van der Waals surface area contributed by atoms with Crippen LogP contribution in [0.5, 0.6) is 5.75 Å². The summed E-state index contributed by atoms with van der Waals surface area (Å²) in [4.78, 5) is 72.0. The van der Waals surface area contributed by atoms with Gasteiger partial charge < -0.3 is 42.7 Å². The Morgan fingerprint density at radius 2 is 1.39 bits per heavy atom. The monoisotopic (exact) mass is 555 g/mol. The standard InChI is InChI=1S/C23H33N5O9S/c1-38-9-8-16(26-20(33)14(24)10-12-2-4-13(29)5-3-12)22(35)27-15(6-7-19(31)32)21(34)28-17(23(36)37)11-18(25)30/h2-5,14-17,29H,6-11,24H2,1H3,(H2,25,30)(H,26,33)(H,27,35)(H,28,34)(H,31,32)(H,36,37). The van der Waals surface area contributed by atoms with Crippen LogP contribution in [0.3, 0.4) is 0 Å². The van der Waals surface area contributed by atoms with Crippen LogP contribution >= 0.6 is 11.8 Å². The molecule has 1 aromatic rings. The number of amides is 4. The van der Waals surface area contributed by atoms with Gasteiger partial charge in [0.2, 0.25) is 23.6 Å². The Morgan fingerprint density at radius 1 is 0.868 bits per heavy atom. The number of rotatable bonds is 17. The Bertz CT molecular complexity index is 1010. The van der Waals surface area contributed by atoms with Gasteiger partial charge in [0.25, 0.3) is 0 Å². The topological polar surface area (TPSA) is 251 Å². The molecule has 4 amide bonds. The normalized spacial score (nSPS) is 13.8. The molecule has 15 heteroatoms. The number of carbonyl (C=O) groups is 6. The van der Waals surface area contributed by atoms with Gasteiger partial charge in [-0.2, -0.15) is 11.8 Å². The summed E-state index contributed by atoms with van der Waals surface area (Å²) < 4.78 is 0. The fraction of sp³-hybridized carbons (Fsp3) is 0.478. The Hall–Kier alpha value is -3.85. The molecule has 0 radical (unpaired) electrons. The second-order valence-corrected chi connectivity index (χ2v) is 9.37. The van der Waals surface area contributed by atoms with E-state index in [1.165, 1.54) is 23.9 Å². The predicted molar refractivity (Wildman–Crippen MR) is 137 cm³/mol. The third-order valence-electron chi connectivity index (χ3n) is 5.27. The predicted octanol–water partition coefficient (Wildman–Crippen LogP) is -1.71. The van der Waals surface area contributed by atoms with Gasteiger partial charge in [0.15, 0.2) is 0 Å². The molecule has 0 aromatic heterocycles. The number of carboxylic acids is 2. The first-order valence-electron chi connectivity index (χ1n) is 11.5. The van der Waals surface area contributed by atoms with Crippen LogP contribution in [0.25, 0.3) is 0 Å². The zero-order valence-electron chi connectivity index (χ0n) is 20.7. The fourth-order valence-electron chi connectivity index (χ4n) is 3.24. The summed E-state index contributed by atoms with van der Waals surface area (Å²) in [6.45, 7) is 0. The van der Waals surface area contributed by atoms with E-state index < -0.39 is 72.6 Å². The molecule has 10 N–H and O–H groups in total. The number of phenolic OH excluding ortho intramolecular Hbond substituents is 1. The third-order valence-corrected chi connectivity index (χ3v) is 5.92. The Morgan fingerprint density at radius 3 is 1.89 bits per heavy atom. The molecular weight excluding hydrogens is 522 g/mol. The SMILES string of the molecule is CSCCC(NC(=O)C(N)Cc1ccc(O)cc1)C(=O)NC(CCC(=O)O)C(=O)NC(CC(N)=O)C(=O)O. The average molecular weight is 556 g/mol. The number of aliphatic carboxylic acids is 2. The van der Waals surface area contributed by atoms with Gasteiger partial charge in [0.1, 0.15) is 23.9 Å². The highest BCUT2D eigenvalue weighted by Gasteiger charge is 2.31. The van der Waals surface area contributed by atoms with Gasteiger partial charge in [-0.1, -0.05) is 12.1 Å². The van der Waals surface area contributed by atoms with Crippen LogP contribution in [0.15, 0.2) is 24.3 Å². The van der Waals surface area contributed by atoms with Gasteiger partial charge >= 0.3 is 11.9 Å². The third kappa shape index (κ3) is 11.9. The van der Waals surface area contributed by atoms with Crippen LogP contribution in [-0.4, -0.2) is 87.1 Å². The molecule has 0 spiro atoms. The van der Waals surface area contributed by atoms with E-state index in [1.807, 2.05) is 0 Å². The van der Waals surface area contributed by atoms with E-state index in [0.29, 0.717) is 11.3 Å². The quantitative estimate of drug-likeness (QED) is 0.107. The average Bonchev–Trinajstić information content (AvgIpc) is 2.84. The first-order valence-corrected chi connectivity index (χ1v) is 12.9. The lowest BCUT2D eigenvalue weighted by atomic mass is 10.0. The molecule has 14 nitrogen and oxygen atoms in total. The summed E-state index contributed by atoms with van der Waals surface area (Å²) >= 11 is 1.39. The minimum absolute atomic E-state index is 0.0476. The lowest BCUT2D eigenvalue weighted by Gasteiger charge is -2.25. The van der Waals surface area contributed by atoms with Crippen molar-refractivity contribution in [3.05, 3.63) is 29.8 Å². The number of hydrogen-bond donors (Lipinski definition) is 8. The number of thioether (sulfide) groups is 1. The van der Waals surface area contributed by atoms with E-state index in [2.05, 4.69) is 16.0 Å². The maximum atomic E-state index is 13.0. The van der Waals surface area contributed by atoms with E-state index in [4.69, 9.17) is 16.6 Å². The number of aromatic hydroxyl groups is 1. The number of nitrogens with two attached hydrogens (primary N) is 2. The highest BCUT2D eigenvalue weighted by molar-refractivity contribution is 7.98. The number of primary amides is 1. The largest absolute Gasteiger partial charge is 0.508 e. The number of carbonyl (C=O) groups excluding carboxylic acids is 4. The van der Waals surface area contributed by atoms with Crippen molar-refractivity contribution in [3.8, 4) is 5.75 Å². The van der Waals surface area contributed by atoms with Gasteiger partial charge in [-0.3, -0.25) is 24.0 Å². The number of carboxylic acid groups (broad SMARTS) is 2. The maximum Gasteiger partial charge on any atom is 0.326 e. The van der Waals surface area contributed by atoms with E-state index >= 15 is 0 Å². The van der Waals surface area contributed by atoms with Crippen molar-refractivity contribution < 1.29 is 44.1 Å². The zero-order chi connectivity index (χ0) is 28.8. The summed E-state index contributed by atoms with van der Waals surface area (Å²) in [5, 5.41) is 34.6. The molecule has 0 aliphatic carbocycles. The molecule has 210 valence electrons. The van der Waals surface area contributed by atoms with E-state index in [9.17, 15) is 39.0 Å². The van der Waals surface area contributed by atoms with Crippen LogP contribution in [0.2, 0.25) is 0 Å². The van der Waals surface area contributed by atoms with Crippen LogP contribution in [0.1, 0.15) is 31.2 Å². The molecule has 1 aromatic carbocycles. The number of benzene rings is 1. The number of hydrogen-bond acceptors (Lipinski definition) is 9. The van der Waals surface area contributed by atoms with Gasteiger partial charge in [-0.05, 0) is 49.0 Å². The van der Waals surface area contributed by atoms with Crippen molar-refractivity contribution in [1.29, 1.82) is 0 Å². The molecule has 0 saturated carbocycles. The number of nitrogens with one attached hydrogen (secondary N) is 3. The van der Waals surface area contributed by atoms with Crippen LogP contribution in [0, 0.1) is 0 Å². The maximum absolute atomic E-state index is 13.0. The molecular formula is C23H33N5O9S. The summed E-state index contributed by atoms with van der Waals surface area (Å²) in [5.74, 6) is -5.82. The molecule has 0 aliphatic rings. The molecule has 38 heavy (non-hydrogen) atoms.